The third-order valence-corrected chi connectivity index (χ3v) is 2.13. The lowest BCUT2D eigenvalue weighted by Crippen LogP contribution is -1.88. The van der Waals surface area contributed by atoms with Gasteiger partial charge >= 0.3 is 0 Å². The maximum absolute atomic E-state index is 4.03. The Morgan fingerprint density at radius 1 is 1.50 bits per heavy atom. The molecule has 56 valence electrons. The average molecular weight is 203 g/mol. The van der Waals surface area contributed by atoms with E-state index in [9.17, 15) is 0 Å². The molecule has 0 saturated heterocycles. The van der Waals surface area contributed by atoms with Crippen LogP contribution in [0.1, 0.15) is 31.0 Å². The van der Waals surface area contributed by atoms with Crippen molar-refractivity contribution in [1.82, 2.24) is 10.2 Å². The molecular formula is C7H11BrN2. The van der Waals surface area contributed by atoms with Crippen LogP contribution in [0, 0.1) is 6.92 Å². The van der Waals surface area contributed by atoms with Gasteiger partial charge in [0.05, 0.1) is 0 Å². The highest BCUT2D eigenvalue weighted by molar-refractivity contribution is 9.10. The Labute approximate surface area is 69.2 Å². The van der Waals surface area contributed by atoms with E-state index in [0.29, 0.717) is 5.92 Å². The van der Waals surface area contributed by atoms with Crippen LogP contribution in [0.4, 0.5) is 0 Å². The monoisotopic (exact) mass is 202 g/mol. The summed E-state index contributed by atoms with van der Waals surface area (Å²) in [5.41, 5.74) is 2.43. The zero-order valence-corrected chi connectivity index (χ0v) is 7.99. The number of halogens is 1. The van der Waals surface area contributed by atoms with Crippen molar-refractivity contribution in [2.45, 2.75) is 26.7 Å². The topological polar surface area (TPSA) is 28.7 Å². The van der Waals surface area contributed by atoms with Crippen LogP contribution in [0.15, 0.2) is 4.60 Å². The molecule has 0 aliphatic rings. The van der Waals surface area contributed by atoms with Gasteiger partial charge in [0.2, 0.25) is 0 Å². The first-order chi connectivity index (χ1) is 4.63. The van der Waals surface area contributed by atoms with E-state index in [4.69, 9.17) is 0 Å². The second kappa shape index (κ2) is 2.74. The maximum Gasteiger partial charge on any atom is 0.131 e. The van der Waals surface area contributed by atoms with Gasteiger partial charge < -0.3 is 0 Å². The molecule has 1 rings (SSSR count). The molecule has 1 heterocycles. The first kappa shape index (κ1) is 7.79. The van der Waals surface area contributed by atoms with Gasteiger partial charge in [-0.15, -0.1) is 0 Å². The number of rotatable bonds is 1. The van der Waals surface area contributed by atoms with Crippen molar-refractivity contribution in [2.24, 2.45) is 0 Å². The van der Waals surface area contributed by atoms with E-state index in [0.717, 1.165) is 10.3 Å². The summed E-state index contributed by atoms with van der Waals surface area (Å²) in [6.07, 6.45) is 0. The summed E-state index contributed by atoms with van der Waals surface area (Å²) in [6.45, 7) is 6.35. The van der Waals surface area contributed by atoms with Crippen LogP contribution < -0.4 is 0 Å². The molecule has 3 heteroatoms. The molecule has 1 N–H and O–H groups in total. The smallest absolute Gasteiger partial charge is 0.131 e. The molecule has 10 heavy (non-hydrogen) atoms. The van der Waals surface area contributed by atoms with Crippen LogP contribution in [0.3, 0.4) is 0 Å². The molecule has 0 bridgehead atoms. The summed E-state index contributed by atoms with van der Waals surface area (Å²) in [6, 6.07) is 0. The number of aryl methyl sites for hydroxylation is 1. The van der Waals surface area contributed by atoms with Gasteiger partial charge in [0, 0.05) is 11.3 Å². The first-order valence-corrected chi connectivity index (χ1v) is 4.12. The van der Waals surface area contributed by atoms with Gasteiger partial charge in [-0.25, -0.2) is 0 Å². The van der Waals surface area contributed by atoms with Crippen molar-refractivity contribution in [3.05, 3.63) is 15.9 Å². The van der Waals surface area contributed by atoms with Crippen LogP contribution >= 0.6 is 15.9 Å². The quantitative estimate of drug-likeness (QED) is 0.746. The fraction of sp³-hybridized carbons (Fsp3) is 0.571. The normalized spacial score (nSPS) is 10.9. The molecule has 0 aromatic carbocycles. The van der Waals surface area contributed by atoms with E-state index in [1.165, 1.54) is 5.56 Å². The largest absolute Gasteiger partial charge is 0.281 e. The standard InChI is InChI=1S/C7H11BrN2/c1-4(2)6-5(3)9-10-7(6)8/h4H,1-3H3,(H,9,10). The third kappa shape index (κ3) is 1.24. The maximum atomic E-state index is 4.03. The summed E-state index contributed by atoms with van der Waals surface area (Å²) >= 11 is 3.38. The Hall–Kier alpha value is -0.310. The van der Waals surface area contributed by atoms with E-state index in [1.54, 1.807) is 0 Å². The van der Waals surface area contributed by atoms with Gasteiger partial charge in [-0.1, -0.05) is 13.8 Å². The first-order valence-electron chi connectivity index (χ1n) is 3.33. The van der Waals surface area contributed by atoms with Crippen molar-refractivity contribution >= 4 is 15.9 Å². The fourth-order valence-corrected chi connectivity index (χ4v) is 1.92. The Bertz CT molecular complexity index is 208. The molecule has 0 saturated carbocycles. The average Bonchev–Trinajstić information content (AvgIpc) is 2.11. The zero-order chi connectivity index (χ0) is 7.72. The summed E-state index contributed by atoms with van der Waals surface area (Å²) in [7, 11) is 0. The molecule has 2 nitrogen and oxygen atoms in total. The number of hydrogen-bond donors (Lipinski definition) is 1. The Kier molecular flexibility index (Phi) is 2.14. The fourth-order valence-electron chi connectivity index (χ4n) is 1.08. The molecule has 0 aliphatic carbocycles. The van der Waals surface area contributed by atoms with Crippen LogP contribution in [0.2, 0.25) is 0 Å². The van der Waals surface area contributed by atoms with E-state index >= 15 is 0 Å². The molecule has 1 aromatic heterocycles. The van der Waals surface area contributed by atoms with Gasteiger partial charge in [0.25, 0.3) is 0 Å². The highest BCUT2D eigenvalue weighted by atomic mass is 79.9. The van der Waals surface area contributed by atoms with E-state index in [1.807, 2.05) is 6.92 Å². The van der Waals surface area contributed by atoms with Crippen molar-refractivity contribution in [3.63, 3.8) is 0 Å². The van der Waals surface area contributed by atoms with Gasteiger partial charge in [0.15, 0.2) is 0 Å². The van der Waals surface area contributed by atoms with Gasteiger partial charge in [-0.3, -0.25) is 5.10 Å². The van der Waals surface area contributed by atoms with Crippen LogP contribution in [0.25, 0.3) is 0 Å². The number of nitrogens with zero attached hydrogens (tertiary/aromatic N) is 1. The highest BCUT2D eigenvalue weighted by Crippen LogP contribution is 2.24. The van der Waals surface area contributed by atoms with E-state index in [-0.39, 0.29) is 0 Å². The number of aromatic amines is 1. The lowest BCUT2D eigenvalue weighted by Gasteiger charge is -2.01. The summed E-state index contributed by atoms with van der Waals surface area (Å²) in [5, 5.41) is 6.95. The number of hydrogen-bond acceptors (Lipinski definition) is 1. The second-order valence-corrected chi connectivity index (χ2v) is 3.46. The predicted octanol–water partition coefficient (Wildman–Crippen LogP) is 2.60. The molecule has 0 atom stereocenters. The molecule has 0 unspecified atom stereocenters. The second-order valence-electron chi connectivity index (χ2n) is 2.71. The molecule has 0 fully saturated rings. The molecule has 0 radical (unpaired) electrons. The van der Waals surface area contributed by atoms with E-state index < -0.39 is 0 Å². The van der Waals surface area contributed by atoms with Crippen LogP contribution in [-0.2, 0) is 0 Å². The molecule has 0 spiro atoms. The van der Waals surface area contributed by atoms with Gasteiger partial charge in [-0.2, -0.15) is 5.10 Å². The van der Waals surface area contributed by atoms with Crippen molar-refractivity contribution in [2.75, 3.05) is 0 Å². The van der Waals surface area contributed by atoms with Crippen molar-refractivity contribution in [1.29, 1.82) is 0 Å². The molecule has 0 amide bonds. The number of H-pyrrole nitrogens is 1. The van der Waals surface area contributed by atoms with Crippen molar-refractivity contribution in [3.8, 4) is 0 Å². The van der Waals surface area contributed by atoms with Gasteiger partial charge in [0.1, 0.15) is 4.60 Å². The minimum atomic E-state index is 0.535. The summed E-state index contributed by atoms with van der Waals surface area (Å²) < 4.78 is 0.944. The minimum Gasteiger partial charge on any atom is -0.281 e. The Morgan fingerprint density at radius 2 is 2.10 bits per heavy atom. The molecule has 0 aliphatic heterocycles. The van der Waals surface area contributed by atoms with Crippen molar-refractivity contribution < 1.29 is 0 Å². The highest BCUT2D eigenvalue weighted by Gasteiger charge is 2.09. The zero-order valence-electron chi connectivity index (χ0n) is 6.40. The Morgan fingerprint density at radius 3 is 2.30 bits per heavy atom. The third-order valence-electron chi connectivity index (χ3n) is 1.53. The molecular weight excluding hydrogens is 192 g/mol. The number of aromatic nitrogens is 2. The van der Waals surface area contributed by atoms with E-state index in [2.05, 4.69) is 40.0 Å². The molecule has 1 aromatic rings. The summed E-state index contributed by atoms with van der Waals surface area (Å²) in [4.78, 5) is 0. The lowest BCUT2D eigenvalue weighted by molar-refractivity contribution is 0.852. The predicted molar refractivity (Wildman–Crippen MR) is 45.1 cm³/mol. The van der Waals surface area contributed by atoms with Crippen LogP contribution in [-0.4, -0.2) is 10.2 Å². The SMILES string of the molecule is Cc1[nH]nc(Br)c1C(C)C. The Balaban J connectivity index is 3.10. The van der Waals surface area contributed by atoms with Crippen LogP contribution in [0.5, 0.6) is 0 Å². The number of nitrogens with one attached hydrogen (secondary N) is 1. The van der Waals surface area contributed by atoms with Gasteiger partial charge in [-0.05, 0) is 28.8 Å². The summed E-state index contributed by atoms with van der Waals surface area (Å²) in [5.74, 6) is 0.535. The minimum absolute atomic E-state index is 0.535. The lowest BCUT2D eigenvalue weighted by atomic mass is 10.1.